The van der Waals surface area contributed by atoms with Gasteiger partial charge in [0, 0.05) is 18.4 Å². The Morgan fingerprint density at radius 2 is 1.79 bits per heavy atom. The van der Waals surface area contributed by atoms with Crippen molar-refractivity contribution in [2.24, 2.45) is 0 Å². The third-order valence-corrected chi connectivity index (χ3v) is 3.89. The fourth-order valence-corrected chi connectivity index (χ4v) is 2.71. The fraction of sp³-hybridized carbons (Fsp3) is 0.200. The Morgan fingerprint density at radius 3 is 2.58 bits per heavy atom. The van der Waals surface area contributed by atoms with Gasteiger partial charge in [-0.1, -0.05) is 55.5 Å². The highest BCUT2D eigenvalue weighted by molar-refractivity contribution is 6.03. The standard InChI is InChI=1S/C20H21N3O/c1-2-14-23-19(12-13-21-23)20(24)22-18-11-7-6-10-17(18)15-16-8-4-3-5-9-16/h3-13H,2,14-15H2,1H3,(H,22,24). The van der Waals surface area contributed by atoms with E-state index in [4.69, 9.17) is 0 Å². The summed E-state index contributed by atoms with van der Waals surface area (Å²) in [4.78, 5) is 12.6. The molecule has 2 aromatic carbocycles. The van der Waals surface area contributed by atoms with E-state index in [0.29, 0.717) is 5.69 Å². The van der Waals surface area contributed by atoms with Crippen LogP contribution in [0.1, 0.15) is 35.0 Å². The monoisotopic (exact) mass is 319 g/mol. The summed E-state index contributed by atoms with van der Waals surface area (Å²) in [6.07, 6.45) is 3.39. The van der Waals surface area contributed by atoms with Gasteiger partial charge in [0.15, 0.2) is 0 Å². The third kappa shape index (κ3) is 3.71. The highest BCUT2D eigenvalue weighted by Crippen LogP contribution is 2.20. The summed E-state index contributed by atoms with van der Waals surface area (Å²) in [7, 11) is 0. The van der Waals surface area contributed by atoms with E-state index >= 15 is 0 Å². The number of amides is 1. The van der Waals surface area contributed by atoms with E-state index in [9.17, 15) is 4.79 Å². The van der Waals surface area contributed by atoms with Gasteiger partial charge in [0.2, 0.25) is 0 Å². The smallest absolute Gasteiger partial charge is 0.273 e. The van der Waals surface area contributed by atoms with Crippen molar-refractivity contribution in [2.45, 2.75) is 26.3 Å². The van der Waals surface area contributed by atoms with E-state index in [1.54, 1.807) is 16.9 Å². The number of carbonyl (C=O) groups excluding carboxylic acids is 1. The number of rotatable bonds is 6. The number of nitrogens with one attached hydrogen (secondary N) is 1. The molecule has 1 aromatic heterocycles. The molecule has 4 heteroatoms. The molecule has 0 aliphatic heterocycles. The molecule has 24 heavy (non-hydrogen) atoms. The van der Waals surface area contributed by atoms with E-state index in [0.717, 1.165) is 30.6 Å². The van der Waals surface area contributed by atoms with Crippen LogP contribution in [0.15, 0.2) is 66.9 Å². The minimum atomic E-state index is -0.124. The molecule has 0 saturated heterocycles. The molecule has 0 saturated carbocycles. The largest absolute Gasteiger partial charge is 0.320 e. The van der Waals surface area contributed by atoms with Gasteiger partial charge < -0.3 is 5.32 Å². The van der Waals surface area contributed by atoms with Crippen molar-refractivity contribution in [3.63, 3.8) is 0 Å². The lowest BCUT2D eigenvalue weighted by Crippen LogP contribution is -2.18. The van der Waals surface area contributed by atoms with E-state index in [-0.39, 0.29) is 5.91 Å². The molecule has 0 spiro atoms. The van der Waals surface area contributed by atoms with Crippen molar-refractivity contribution in [3.8, 4) is 0 Å². The molecule has 1 amide bonds. The van der Waals surface area contributed by atoms with Gasteiger partial charge in [0.1, 0.15) is 5.69 Å². The second-order valence-corrected chi connectivity index (χ2v) is 5.71. The average molecular weight is 319 g/mol. The maximum absolute atomic E-state index is 12.6. The van der Waals surface area contributed by atoms with Crippen LogP contribution in [0.25, 0.3) is 0 Å². The van der Waals surface area contributed by atoms with E-state index in [1.165, 1.54) is 5.56 Å². The quantitative estimate of drug-likeness (QED) is 0.742. The molecule has 1 N–H and O–H groups in total. The highest BCUT2D eigenvalue weighted by atomic mass is 16.2. The van der Waals surface area contributed by atoms with Gasteiger partial charge in [0.05, 0.1) is 0 Å². The summed E-state index contributed by atoms with van der Waals surface area (Å²) in [6.45, 7) is 2.81. The Morgan fingerprint density at radius 1 is 1.04 bits per heavy atom. The van der Waals surface area contributed by atoms with Gasteiger partial charge >= 0.3 is 0 Å². The van der Waals surface area contributed by atoms with Gasteiger partial charge in [-0.05, 0) is 36.1 Å². The van der Waals surface area contributed by atoms with Crippen LogP contribution < -0.4 is 5.32 Å². The second kappa shape index (κ2) is 7.59. The number of hydrogen-bond acceptors (Lipinski definition) is 2. The molecule has 3 aromatic rings. The zero-order chi connectivity index (χ0) is 16.8. The SMILES string of the molecule is CCCn1nccc1C(=O)Nc1ccccc1Cc1ccccc1. The number of carbonyl (C=O) groups is 1. The molecule has 0 unspecified atom stereocenters. The first-order valence-electron chi connectivity index (χ1n) is 8.23. The van der Waals surface area contributed by atoms with Crippen molar-refractivity contribution < 1.29 is 4.79 Å². The Hall–Kier alpha value is -2.88. The molecular weight excluding hydrogens is 298 g/mol. The Labute approximate surface area is 142 Å². The first-order chi connectivity index (χ1) is 11.8. The lowest BCUT2D eigenvalue weighted by molar-refractivity contribution is 0.101. The molecule has 3 rings (SSSR count). The maximum Gasteiger partial charge on any atom is 0.273 e. The van der Waals surface area contributed by atoms with Crippen molar-refractivity contribution in [2.75, 3.05) is 5.32 Å². The van der Waals surface area contributed by atoms with Crippen molar-refractivity contribution in [1.82, 2.24) is 9.78 Å². The highest BCUT2D eigenvalue weighted by Gasteiger charge is 2.13. The molecule has 0 radical (unpaired) electrons. The average Bonchev–Trinajstić information content (AvgIpc) is 3.06. The van der Waals surface area contributed by atoms with Crippen LogP contribution in [0.3, 0.4) is 0 Å². The molecule has 0 bridgehead atoms. The number of aryl methyl sites for hydroxylation is 1. The molecule has 0 atom stereocenters. The van der Waals surface area contributed by atoms with Crippen LogP contribution in [0.5, 0.6) is 0 Å². The molecular formula is C20H21N3O. The number of hydrogen-bond donors (Lipinski definition) is 1. The molecule has 4 nitrogen and oxygen atoms in total. The predicted octanol–water partition coefficient (Wildman–Crippen LogP) is 4.14. The molecule has 0 fully saturated rings. The summed E-state index contributed by atoms with van der Waals surface area (Å²) in [6, 6.07) is 19.9. The maximum atomic E-state index is 12.6. The zero-order valence-corrected chi connectivity index (χ0v) is 13.8. The number of anilines is 1. The minimum absolute atomic E-state index is 0.124. The van der Waals surface area contributed by atoms with Crippen molar-refractivity contribution in [3.05, 3.63) is 83.7 Å². The minimum Gasteiger partial charge on any atom is -0.320 e. The Balaban J connectivity index is 1.80. The summed E-state index contributed by atoms with van der Waals surface area (Å²) in [5.74, 6) is -0.124. The van der Waals surface area contributed by atoms with Gasteiger partial charge in [-0.25, -0.2) is 0 Å². The number of aromatic nitrogens is 2. The van der Waals surface area contributed by atoms with Gasteiger partial charge in [-0.2, -0.15) is 5.10 Å². The van der Waals surface area contributed by atoms with Crippen LogP contribution in [0.4, 0.5) is 5.69 Å². The van der Waals surface area contributed by atoms with E-state index in [2.05, 4.69) is 29.5 Å². The van der Waals surface area contributed by atoms with Gasteiger partial charge in [-0.15, -0.1) is 0 Å². The van der Waals surface area contributed by atoms with Crippen LogP contribution in [0.2, 0.25) is 0 Å². The first kappa shape index (κ1) is 16.0. The van der Waals surface area contributed by atoms with Crippen LogP contribution in [-0.2, 0) is 13.0 Å². The van der Waals surface area contributed by atoms with Crippen LogP contribution in [0, 0.1) is 0 Å². The Bertz CT molecular complexity index is 809. The van der Waals surface area contributed by atoms with E-state index < -0.39 is 0 Å². The summed E-state index contributed by atoms with van der Waals surface area (Å²) in [5.41, 5.74) is 3.75. The van der Waals surface area contributed by atoms with E-state index in [1.807, 2.05) is 42.5 Å². The second-order valence-electron chi connectivity index (χ2n) is 5.71. The molecule has 0 aliphatic rings. The fourth-order valence-electron chi connectivity index (χ4n) is 2.71. The number of para-hydroxylation sites is 1. The summed E-state index contributed by atoms with van der Waals surface area (Å²) < 4.78 is 1.75. The number of nitrogens with zero attached hydrogens (tertiary/aromatic N) is 2. The van der Waals surface area contributed by atoms with Crippen molar-refractivity contribution >= 4 is 11.6 Å². The van der Waals surface area contributed by atoms with Crippen LogP contribution >= 0.6 is 0 Å². The summed E-state index contributed by atoms with van der Waals surface area (Å²) >= 11 is 0. The molecule has 122 valence electrons. The predicted molar refractivity (Wildman–Crippen MR) is 96.2 cm³/mol. The van der Waals surface area contributed by atoms with Crippen LogP contribution in [-0.4, -0.2) is 15.7 Å². The summed E-state index contributed by atoms with van der Waals surface area (Å²) in [5, 5.41) is 7.25. The van der Waals surface area contributed by atoms with Crippen molar-refractivity contribution in [1.29, 1.82) is 0 Å². The van der Waals surface area contributed by atoms with Gasteiger partial charge in [-0.3, -0.25) is 9.48 Å². The zero-order valence-electron chi connectivity index (χ0n) is 13.8. The lowest BCUT2D eigenvalue weighted by Gasteiger charge is -2.12. The normalized spacial score (nSPS) is 10.5. The Kier molecular flexibility index (Phi) is 5.06. The van der Waals surface area contributed by atoms with Gasteiger partial charge in [0.25, 0.3) is 5.91 Å². The first-order valence-corrected chi connectivity index (χ1v) is 8.23. The molecule has 1 heterocycles. The lowest BCUT2D eigenvalue weighted by atomic mass is 10.0. The number of benzene rings is 2. The topological polar surface area (TPSA) is 46.9 Å². The third-order valence-electron chi connectivity index (χ3n) is 3.89. The molecule has 0 aliphatic carbocycles.